The monoisotopic (exact) mass is 472 g/mol. The van der Waals surface area contributed by atoms with E-state index in [0.29, 0.717) is 29.6 Å². The molecule has 6 nitrogen and oxygen atoms in total. The molecule has 0 aromatic heterocycles. The highest BCUT2D eigenvalue weighted by atomic mass is 19.4. The molecule has 0 bridgehead atoms. The Labute approximate surface area is 188 Å². The first-order valence-corrected chi connectivity index (χ1v) is 10.2. The molecule has 0 radical (unpaired) electrons. The lowest BCUT2D eigenvalue weighted by atomic mass is 10.0. The number of amides is 2. The van der Waals surface area contributed by atoms with Crippen molar-refractivity contribution in [2.24, 2.45) is 5.73 Å². The molecule has 0 aliphatic carbocycles. The molecule has 11 heteroatoms. The SMILES string of the molecule is CCN(CC)CCN(F)c1cc(C(N)=O)cc(C(F)(F)F)c1N(C=O)Cc1ccc(F)cc1. The van der Waals surface area contributed by atoms with Gasteiger partial charge in [0.15, 0.2) is 0 Å². The number of rotatable bonds is 11. The molecule has 0 fully saturated rings. The molecule has 0 unspecified atom stereocenters. The van der Waals surface area contributed by atoms with Crippen LogP contribution in [-0.2, 0) is 17.5 Å². The summed E-state index contributed by atoms with van der Waals surface area (Å²) < 4.78 is 70.3. The Morgan fingerprint density at radius 3 is 2.15 bits per heavy atom. The molecule has 180 valence electrons. The average molecular weight is 472 g/mol. The van der Waals surface area contributed by atoms with Crippen LogP contribution in [0.4, 0.5) is 33.4 Å². The molecule has 0 heterocycles. The normalized spacial score (nSPS) is 11.5. The Morgan fingerprint density at radius 2 is 1.67 bits per heavy atom. The molecule has 0 spiro atoms. The Balaban J connectivity index is 2.63. The predicted octanol–water partition coefficient (Wildman–Crippen LogP) is 4.14. The van der Waals surface area contributed by atoms with Crippen molar-refractivity contribution in [1.29, 1.82) is 0 Å². The lowest BCUT2D eigenvalue weighted by molar-refractivity contribution is -0.137. The average Bonchev–Trinajstić information content (AvgIpc) is 2.77. The van der Waals surface area contributed by atoms with Gasteiger partial charge in [0.2, 0.25) is 12.3 Å². The number of alkyl halides is 3. The van der Waals surface area contributed by atoms with Gasteiger partial charge in [0, 0.05) is 12.1 Å². The first-order valence-electron chi connectivity index (χ1n) is 10.2. The lowest BCUT2D eigenvalue weighted by Gasteiger charge is -2.29. The third-order valence-corrected chi connectivity index (χ3v) is 5.13. The number of nitrogens with zero attached hydrogens (tertiary/aromatic N) is 3. The molecule has 0 aliphatic rings. The number of halogens is 5. The van der Waals surface area contributed by atoms with Gasteiger partial charge in [0.05, 0.1) is 30.0 Å². The van der Waals surface area contributed by atoms with Crippen molar-refractivity contribution in [3.05, 3.63) is 58.9 Å². The van der Waals surface area contributed by atoms with Crippen molar-refractivity contribution >= 4 is 23.7 Å². The smallest absolute Gasteiger partial charge is 0.366 e. The van der Waals surface area contributed by atoms with Crippen LogP contribution in [-0.4, -0.2) is 43.4 Å². The van der Waals surface area contributed by atoms with E-state index in [9.17, 15) is 27.2 Å². The Kier molecular flexibility index (Phi) is 8.75. The number of carbonyl (C=O) groups excluding carboxylic acids is 2. The fourth-order valence-electron chi connectivity index (χ4n) is 3.31. The van der Waals surface area contributed by atoms with E-state index < -0.39 is 40.4 Å². The van der Waals surface area contributed by atoms with Crippen molar-refractivity contribution in [2.75, 3.05) is 36.2 Å². The van der Waals surface area contributed by atoms with Crippen LogP contribution < -0.4 is 15.8 Å². The molecule has 2 aromatic rings. The van der Waals surface area contributed by atoms with Gasteiger partial charge >= 0.3 is 6.18 Å². The van der Waals surface area contributed by atoms with Crippen LogP contribution in [0.2, 0.25) is 0 Å². The molecule has 2 amide bonds. The fourth-order valence-corrected chi connectivity index (χ4v) is 3.31. The van der Waals surface area contributed by atoms with E-state index in [-0.39, 0.29) is 31.2 Å². The van der Waals surface area contributed by atoms with E-state index in [0.717, 1.165) is 18.2 Å². The second-order valence-corrected chi connectivity index (χ2v) is 7.23. The first kappa shape index (κ1) is 26.0. The summed E-state index contributed by atoms with van der Waals surface area (Å²) in [4.78, 5) is 26.0. The Morgan fingerprint density at radius 1 is 1.06 bits per heavy atom. The van der Waals surface area contributed by atoms with Crippen molar-refractivity contribution in [3.8, 4) is 0 Å². The van der Waals surface area contributed by atoms with Gasteiger partial charge in [-0.3, -0.25) is 9.59 Å². The summed E-state index contributed by atoms with van der Waals surface area (Å²) in [5, 5.41) is 0.0660. The summed E-state index contributed by atoms with van der Waals surface area (Å²) in [6.45, 7) is 4.36. The number of primary amides is 1. The van der Waals surface area contributed by atoms with Crippen LogP contribution in [0, 0.1) is 5.82 Å². The molecule has 2 N–H and O–H groups in total. The zero-order chi connectivity index (χ0) is 24.8. The number of hydrogen-bond donors (Lipinski definition) is 1. The number of anilines is 2. The molecule has 0 atom stereocenters. The molecule has 0 aliphatic heterocycles. The van der Waals surface area contributed by atoms with Gasteiger partial charge in [-0.15, -0.1) is 0 Å². The topological polar surface area (TPSA) is 69.9 Å². The number of hydrogen-bond acceptors (Lipinski definition) is 4. The van der Waals surface area contributed by atoms with E-state index in [4.69, 9.17) is 5.73 Å². The maximum atomic E-state index is 15.2. The van der Waals surface area contributed by atoms with Crippen LogP contribution >= 0.6 is 0 Å². The van der Waals surface area contributed by atoms with Gasteiger partial charge in [0.25, 0.3) is 0 Å². The van der Waals surface area contributed by atoms with Crippen LogP contribution in [0.3, 0.4) is 0 Å². The number of nitrogens with two attached hydrogens (primary N) is 1. The van der Waals surface area contributed by atoms with Crippen molar-refractivity contribution < 1.29 is 31.6 Å². The summed E-state index contributed by atoms with van der Waals surface area (Å²) in [5.74, 6) is -1.74. The summed E-state index contributed by atoms with van der Waals surface area (Å²) in [6.07, 6.45) is -4.90. The van der Waals surface area contributed by atoms with E-state index in [2.05, 4.69) is 0 Å². The number of benzene rings is 2. The quantitative estimate of drug-likeness (QED) is 0.303. The standard InChI is InChI=1S/C22H25F5N4O2/c1-3-29(4-2)9-10-31(27)19-12-16(21(28)33)11-18(22(24,25)26)20(19)30(14-32)13-15-5-7-17(23)8-6-15/h5-8,11-12,14H,3-4,9-10,13H2,1-2H3,(H2,28,33). The van der Waals surface area contributed by atoms with Crippen LogP contribution in [0.15, 0.2) is 36.4 Å². The molecule has 0 saturated heterocycles. The minimum absolute atomic E-state index is 0.0660. The second-order valence-electron chi connectivity index (χ2n) is 7.23. The van der Waals surface area contributed by atoms with Gasteiger partial charge in [-0.05, 0) is 42.9 Å². The minimum Gasteiger partial charge on any atom is -0.366 e. The number of likely N-dealkylation sites (N-methyl/N-ethyl adjacent to an activating group) is 1. The zero-order valence-electron chi connectivity index (χ0n) is 18.2. The molecule has 2 aromatic carbocycles. The molecule has 2 rings (SSSR count). The van der Waals surface area contributed by atoms with E-state index in [1.807, 2.05) is 18.7 Å². The van der Waals surface area contributed by atoms with Gasteiger partial charge in [-0.1, -0.05) is 30.5 Å². The fraction of sp³-hybridized carbons (Fsp3) is 0.364. The summed E-state index contributed by atoms with van der Waals surface area (Å²) >= 11 is 0. The lowest BCUT2D eigenvalue weighted by Crippen LogP contribution is -2.33. The van der Waals surface area contributed by atoms with Crippen LogP contribution in [0.1, 0.15) is 35.3 Å². The van der Waals surface area contributed by atoms with E-state index in [1.54, 1.807) is 0 Å². The van der Waals surface area contributed by atoms with E-state index in [1.165, 1.54) is 12.1 Å². The third kappa shape index (κ3) is 6.64. The van der Waals surface area contributed by atoms with Crippen molar-refractivity contribution in [2.45, 2.75) is 26.6 Å². The predicted molar refractivity (Wildman–Crippen MR) is 115 cm³/mol. The number of carbonyl (C=O) groups is 2. The van der Waals surface area contributed by atoms with Gasteiger partial charge in [0.1, 0.15) is 5.82 Å². The maximum Gasteiger partial charge on any atom is 0.418 e. The Hall–Kier alpha value is -3.21. The first-order chi connectivity index (χ1) is 15.5. The van der Waals surface area contributed by atoms with Gasteiger partial charge in [-0.2, -0.15) is 13.2 Å². The highest BCUT2D eigenvalue weighted by Gasteiger charge is 2.38. The van der Waals surface area contributed by atoms with Crippen LogP contribution in [0.5, 0.6) is 0 Å². The Bertz CT molecular complexity index is 962. The van der Waals surface area contributed by atoms with Crippen molar-refractivity contribution in [3.63, 3.8) is 0 Å². The molecular weight excluding hydrogens is 447 g/mol. The zero-order valence-corrected chi connectivity index (χ0v) is 18.2. The third-order valence-electron chi connectivity index (χ3n) is 5.13. The highest BCUT2D eigenvalue weighted by molar-refractivity contribution is 5.97. The minimum atomic E-state index is -5.03. The highest BCUT2D eigenvalue weighted by Crippen LogP contribution is 2.43. The summed E-state index contributed by atoms with van der Waals surface area (Å²) in [7, 11) is 0. The molecule has 33 heavy (non-hydrogen) atoms. The summed E-state index contributed by atoms with van der Waals surface area (Å²) in [6, 6.07) is 6.14. The van der Waals surface area contributed by atoms with Crippen molar-refractivity contribution in [1.82, 2.24) is 4.90 Å². The van der Waals surface area contributed by atoms with Gasteiger partial charge < -0.3 is 15.5 Å². The van der Waals surface area contributed by atoms with E-state index >= 15 is 4.48 Å². The maximum absolute atomic E-state index is 15.2. The largest absolute Gasteiger partial charge is 0.418 e. The molecular formula is C22H25F5N4O2. The van der Waals surface area contributed by atoms with Crippen LogP contribution in [0.25, 0.3) is 0 Å². The van der Waals surface area contributed by atoms with Gasteiger partial charge in [-0.25, -0.2) is 9.51 Å². The second kappa shape index (κ2) is 11.1. The molecule has 0 saturated carbocycles. The summed E-state index contributed by atoms with van der Waals surface area (Å²) in [5.41, 5.74) is 2.15.